The van der Waals surface area contributed by atoms with E-state index in [0.717, 1.165) is 16.3 Å². The van der Waals surface area contributed by atoms with Gasteiger partial charge in [0, 0.05) is 15.6 Å². The number of aliphatic hydroxyl groups is 1. The van der Waals surface area contributed by atoms with Crippen molar-refractivity contribution in [3.05, 3.63) is 48.0 Å². The van der Waals surface area contributed by atoms with E-state index in [9.17, 15) is 14.2 Å². The molecule has 0 aromatic heterocycles. The molecule has 2 aromatic carbocycles. The number of fused-ring (bicyclic) bond motifs is 1. The fourth-order valence-corrected chi connectivity index (χ4v) is 3.30. The van der Waals surface area contributed by atoms with Gasteiger partial charge in [-0.25, -0.2) is 0 Å². The molecule has 0 fully saturated rings. The Balaban J connectivity index is 2.23. The summed E-state index contributed by atoms with van der Waals surface area (Å²) in [5.41, 5.74) is -0.704. The molecule has 0 radical (unpaired) electrons. The van der Waals surface area contributed by atoms with E-state index in [2.05, 4.69) is 9.05 Å². The van der Waals surface area contributed by atoms with Crippen LogP contribution in [0.5, 0.6) is 0 Å². The van der Waals surface area contributed by atoms with Crippen molar-refractivity contribution in [2.75, 3.05) is 27.4 Å². The van der Waals surface area contributed by atoms with Crippen LogP contribution in [0.15, 0.2) is 42.5 Å². The number of benzene rings is 2. The van der Waals surface area contributed by atoms with Crippen LogP contribution in [-0.2, 0) is 33.6 Å². The molecule has 9 heteroatoms. The lowest BCUT2D eigenvalue weighted by Gasteiger charge is -2.23. The first-order chi connectivity index (χ1) is 12.0. The predicted octanol–water partition coefficient (Wildman–Crippen LogP) is 3.75. The van der Waals surface area contributed by atoms with Crippen molar-refractivity contribution in [1.29, 1.82) is 0 Å². The van der Waals surface area contributed by atoms with Crippen molar-refractivity contribution in [2.24, 2.45) is 0 Å². The summed E-state index contributed by atoms with van der Waals surface area (Å²) in [6, 6.07) is 13.5. The first-order valence-electron chi connectivity index (χ1n) is 7.45. The molecule has 2 aromatic rings. The van der Waals surface area contributed by atoms with Crippen LogP contribution in [0.4, 0.5) is 0 Å². The molecule has 0 amide bonds. The van der Waals surface area contributed by atoms with E-state index < -0.39 is 22.1 Å². The van der Waals surface area contributed by atoms with E-state index in [1.807, 2.05) is 42.5 Å². The third-order valence-electron chi connectivity index (χ3n) is 3.57. The number of hydrogen-bond acceptors (Lipinski definition) is 7. The van der Waals surface area contributed by atoms with Crippen LogP contribution in [0, 0.1) is 0 Å². The van der Waals surface area contributed by atoms with Gasteiger partial charge in [-0.3, -0.25) is 0 Å². The topological polar surface area (TPSA) is 91.3 Å². The molecule has 2 unspecified atom stereocenters. The van der Waals surface area contributed by atoms with Crippen LogP contribution in [0.2, 0.25) is 0 Å². The van der Waals surface area contributed by atoms with Gasteiger partial charge >= 0.3 is 16.5 Å². The average Bonchev–Trinajstić information content (AvgIpc) is 2.64. The van der Waals surface area contributed by atoms with Crippen LogP contribution >= 0.6 is 16.5 Å². The largest absolute Gasteiger partial charge is 0.697 e. The Hall–Kier alpha value is -1.30. The highest BCUT2D eigenvalue weighted by atomic mass is 31.1. The molecule has 25 heavy (non-hydrogen) atoms. The normalized spacial score (nSPS) is 15.0. The van der Waals surface area contributed by atoms with Gasteiger partial charge in [0.2, 0.25) is 0 Å². The van der Waals surface area contributed by atoms with Crippen LogP contribution in [0.25, 0.3) is 10.8 Å². The quantitative estimate of drug-likeness (QED) is 0.622. The third-order valence-corrected chi connectivity index (χ3v) is 4.85. The van der Waals surface area contributed by atoms with E-state index in [0.29, 0.717) is 0 Å². The fraction of sp³-hybridized carbons (Fsp3) is 0.375. The summed E-state index contributed by atoms with van der Waals surface area (Å²) in [6.07, 6.45) is 0.147. The van der Waals surface area contributed by atoms with Crippen molar-refractivity contribution in [2.45, 2.75) is 12.0 Å². The average molecular weight is 386 g/mol. The lowest BCUT2D eigenvalue weighted by Crippen LogP contribution is -2.41. The summed E-state index contributed by atoms with van der Waals surface area (Å²) in [4.78, 5) is 0. The summed E-state index contributed by atoms with van der Waals surface area (Å²) >= 11 is 0. The molecular formula is C16H20O7P2+2. The summed E-state index contributed by atoms with van der Waals surface area (Å²) in [6.45, 7) is -0.627. The minimum absolute atomic E-state index is 0.147. The lowest BCUT2D eigenvalue weighted by atomic mass is 9.92. The van der Waals surface area contributed by atoms with Crippen molar-refractivity contribution < 1.29 is 32.3 Å². The Morgan fingerprint density at radius 1 is 0.920 bits per heavy atom. The predicted molar refractivity (Wildman–Crippen MR) is 93.7 cm³/mol. The Morgan fingerprint density at radius 2 is 1.48 bits per heavy atom. The SMILES string of the molecule is CO[P+](=O)OCC(O)(CO[P+](=O)OC)Cc1cccc2ccccc12. The van der Waals surface area contributed by atoms with Gasteiger partial charge < -0.3 is 5.11 Å². The van der Waals surface area contributed by atoms with Crippen molar-refractivity contribution in [3.63, 3.8) is 0 Å². The molecule has 0 saturated heterocycles. The standard InChI is InChI=1S/C16H20O7P2/c1-20-24(18)22-11-16(17,12-23-25(19)21-2)10-14-8-5-7-13-6-3-4-9-15(13)14/h3-9,17H,10-12H2,1-2H3/q+2. The second-order valence-electron chi connectivity index (χ2n) is 5.40. The van der Waals surface area contributed by atoms with Crippen LogP contribution < -0.4 is 0 Å². The molecular weight excluding hydrogens is 366 g/mol. The maximum Gasteiger partial charge on any atom is 0.697 e. The highest BCUT2D eigenvalue weighted by Gasteiger charge is 2.37. The summed E-state index contributed by atoms with van der Waals surface area (Å²) in [7, 11) is -2.23. The van der Waals surface area contributed by atoms with Crippen molar-refractivity contribution in [1.82, 2.24) is 0 Å². The second kappa shape index (κ2) is 9.41. The van der Waals surface area contributed by atoms with E-state index in [1.165, 1.54) is 14.2 Å². The van der Waals surface area contributed by atoms with Crippen LogP contribution in [0.3, 0.4) is 0 Å². The number of hydrogen-bond donors (Lipinski definition) is 1. The van der Waals surface area contributed by atoms with Crippen molar-refractivity contribution in [3.8, 4) is 0 Å². The highest BCUT2D eigenvalue weighted by molar-refractivity contribution is 7.33. The van der Waals surface area contributed by atoms with Crippen LogP contribution in [0.1, 0.15) is 5.56 Å². The van der Waals surface area contributed by atoms with E-state index in [-0.39, 0.29) is 19.6 Å². The van der Waals surface area contributed by atoms with Gasteiger partial charge in [-0.2, -0.15) is 0 Å². The van der Waals surface area contributed by atoms with Gasteiger partial charge in [0.25, 0.3) is 0 Å². The molecule has 0 heterocycles. The molecule has 0 aliphatic rings. The Morgan fingerprint density at radius 3 is 2.08 bits per heavy atom. The molecule has 2 rings (SSSR count). The minimum atomic E-state index is -2.35. The Labute approximate surface area is 147 Å². The van der Waals surface area contributed by atoms with E-state index in [4.69, 9.17) is 9.05 Å². The van der Waals surface area contributed by atoms with Gasteiger partial charge in [-0.1, -0.05) is 42.5 Å². The molecule has 0 saturated carbocycles. The maximum absolute atomic E-state index is 11.4. The second-order valence-corrected chi connectivity index (χ2v) is 7.54. The summed E-state index contributed by atoms with van der Waals surface area (Å²) in [5, 5.41) is 12.9. The van der Waals surface area contributed by atoms with Crippen LogP contribution in [-0.4, -0.2) is 38.1 Å². The van der Waals surface area contributed by atoms with E-state index in [1.54, 1.807) is 0 Å². The maximum atomic E-state index is 11.4. The fourth-order valence-electron chi connectivity index (χ4n) is 2.40. The molecule has 7 nitrogen and oxygen atoms in total. The van der Waals surface area contributed by atoms with Crippen molar-refractivity contribution >= 4 is 27.3 Å². The zero-order valence-electron chi connectivity index (χ0n) is 14.0. The molecule has 0 aliphatic carbocycles. The first kappa shape index (κ1) is 20.0. The minimum Gasteiger partial charge on any atom is -0.384 e. The number of rotatable bonds is 10. The Bertz CT molecular complexity index is 725. The Kier molecular flexibility index (Phi) is 7.54. The zero-order chi connectivity index (χ0) is 18.3. The molecule has 1 N–H and O–H groups in total. The zero-order valence-corrected chi connectivity index (χ0v) is 15.7. The molecule has 134 valence electrons. The smallest absolute Gasteiger partial charge is 0.384 e. The molecule has 2 atom stereocenters. The first-order valence-corrected chi connectivity index (χ1v) is 9.64. The van der Waals surface area contributed by atoms with Gasteiger partial charge in [0.05, 0.1) is 14.2 Å². The van der Waals surface area contributed by atoms with Gasteiger partial charge in [0.15, 0.2) is 0 Å². The highest BCUT2D eigenvalue weighted by Crippen LogP contribution is 2.31. The lowest BCUT2D eigenvalue weighted by molar-refractivity contribution is -0.0410. The molecule has 0 aliphatic heterocycles. The van der Waals surface area contributed by atoms with Gasteiger partial charge in [0.1, 0.15) is 18.8 Å². The summed E-state index contributed by atoms with van der Waals surface area (Å²) in [5.74, 6) is 0. The third kappa shape index (κ3) is 5.87. The molecule has 0 bridgehead atoms. The van der Waals surface area contributed by atoms with Gasteiger partial charge in [-0.15, -0.1) is 18.1 Å². The summed E-state index contributed by atoms with van der Waals surface area (Å²) < 4.78 is 42.0. The monoisotopic (exact) mass is 386 g/mol. The van der Waals surface area contributed by atoms with E-state index >= 15 is 0 Å². The van der Waals surface area contributed by atoms with Gasteiger partial charge in [-0.05, 0) is 16.3 Å². The molecule has 0 spiro atoms.